The monoisotopic (exact) mass is 324 g/mol. The van der Waals surface area contributed by atoms with Gasteiger partial charge in [-0.15, -0.1) is 12.4 Å². The van der Waals surface area contributed by atoms with E-state index in [9.17, 15) is 17.6 Å². The van der Waals surface area contributed by atoms with Crippen molar-refractivity contribution in [3.05, 3.63) is 30.1 Å². The van der Waals surface area contributed by atoms with Gasteiger partial charge >= 0.3 is 0 Å². The molecule has 5 nitrogen and oxygen atoms in total. The molecule has 1 aromatic carbocycles. The van der Waals surface area contributed by atoms with E-state index in [-0.39, 0.29) is 29.0 Å². The number of halogens is 2. The van der Waals surface area contributed by atoms with Crippen molar-refractivity contribution in [3.8, 4) is 0 Å². The van der Waals surface area contributed by atoms with Gasteiger partial charge in [0.2, 0.25) is 5.91 Å². The lowest BCUT2D eigenvalue weighted by Crippen LogP contribution is -2.36. The molecule has 1 amide bonds. The molecule has 0 spiro atoms. The van der Waals surface area contributed by atoms with Crippen LogP contribution in [0.15, 0.2) is 29.2 Å². The maximum atomic E-state index is 12.7. The summed E-state index contributed by atoms with van der Waals surface area (Å²) in [6.45, 7) is 2.12. The SMILES string of the molecule is CC(CS(=O)(=O)c1ccc(F)cc1)C(=O)NCCN.Cl. The van der Waals surface area contributed by atoms with E-state index in [2.05, 4.69) is 5.32 Å². The van der Waals surface area contributed by atoms with Crippen LogP contribution in [0.5, 0.6) is 0 Å². The van der Waals surface area contributed by atoms with Gasteiger partial charge < -0.3 is 11.1 Å². The minimum atomic E-state index is -3.61. The highest BCUT2D eigenvalue weighted by Crippen LogP contribution is 2.15. The summed E-state index contributed by atoms with van der Waals surface area (Å²) in [7, 11) is -3.61. The molecule has 0 saturated carbocycles. The van der Waals surface area contributed by atoms with Crippen LogP contribution >= 0.6 is 12.4 Å². The van der Waals surface area contributed by atoms with Crippen molar-refractivity contribution >= 4 is 28.2 Å². The van der Waals surface area contributed by atoms with Crippen LogP contribution in [0.25, 0.3) is 0 Å². The van der Waals surface area contributed by atoms with E-state index in [4.69, 9.17) is 5.73 Å². The zero-order valence-corrected chi connectivity index (χ0v) is 12.6. The number of amides is 1. The van der Waals surface area contributed by atoms with Gasteiger partial charge in [0.1, 0.15) is 5.82 Å². The van der Waals surface area contributed by atoms with Crippen molar-refractivity contribution in [2.45, 2.75) is 11.8 Å². The number of carbonyl (C=O) groups is 1. The molecule has 0 fully saturated rings. The Morgan fingerprint density at radius 1 is 1.35 bits per heavy atom. The molecule has 114 valence electrons. The van der Waals surface area contributed by atoms with Crippen molar-refractivity contribution in [2.24, 2.45) is 11.7 Å². The molecule has 0 aliphatic carbocycles. The third-order valence-corrected chi connectivity index (χ3v) is 4.46. The van der Waals surface area contributed by atoms with Crippen LogP contribution in [0.1, 0.15) is 6.92 Å². The van der Waals surface area contributed by atoms with Crippen molar-refractivity contribution < 1.29 is 17.6 Å². The maximum Gasteiger partial charge on any atom is 0.223 e. The van der Waals surface area contributed by atoms with Gasteiger partial charge in [-0.25, -0.2) is 12.8 Å². The van der Waals surface area contributed by atoms with Gasteiger partial charge in [0.05, 0.1) is 10.6 Å². The number of rotatable bonds is 6. The Morgan fingerprint density at radius 2 is 1.90 bits per heavy atom. The fourth-order valence-corrected chi connectivity index (χ4v) is 3.07. The van der Waals surface area contributed by atoms with E-state index in [0.29, 0.717) is 13.1 Å². The van der Waals surface area contributed by atoms with E-state index in [0.717, 1.165) is 12.1 Å². The molecule has 0 bridgehead atoms. The molecular weight excluding hydrogens is 307 g/mol. The lowest BCUT2D eigenvalue weighted by atomic mass is 10.2. The van der Waals surface area contributed by atoms with Crippen molar-refractivity contribution in [1.82, 2.24) is 5.32 Å². The second-order valence-corrected chi connectivity index (χ2v) is 6.25. The minimum Gasteiger partial charge on any atom is -0.355 e. The first kappa shape index (κ1) is 18.8. The molecule has 1 atom stereocenters. The number of benzene rings is 1. The molecular formula is C12H18ClFN2O3S. The summed E-state index contributed by atoms with van der Waals surface area (Å²) in [6.07, 6.45) is 0. The molecule has 0 aliphatic rings. The average Bonchev–Trinajstić information content (AvgIpc) is 2.35. The molecule has 0 aliphatic heterocycles. The van der Waals surface area contributed by atoms with E-state index >= 15 is 0 Å². The van der Waals surface area contributed by atoms with Crippen LogP contribution in [0.3, 0.4) is 0 Å². The summed E-state index contributed by atoms with van der Waals surface area (Å²) in [5, 5.41) is 2.53. The molecule has 3 N–H and O–H groups in total. The van der Waals surface area contributed by atoms with Gasteiger partial charge in [0.25, 0.3) is 0 Å². The second-order valence-electron chi connectivity index (χ2n) is 4.22. The van der Waals surface area contributed by atoms with Gasteiger partial charge in [-0.3, -0.25) is 4.79 Å². The van der Waals surface area contributed by atoms with Crippen molar-refractivity contribution in [3.63, 3.8) is 0 Å². The summed E-state index contributed by atoms with van der Waals surface area (Å²) in [6, 6.07) is 4.53. The van der Waals surface area contributed by atoms with Crippen LogP contribution in [0.4, 0.5) is 4.39 Å². The largest absolute Gasteiger partial charge is 0.355 e. The Kier molecular flexibility index (Phi) is 7.70. The van der Waals surface area contributed by atoms with Gasteiger partial charge in [0.15, 0.2) is 9.84 Å². The Balaban J connectivity index is 0.00000361. The van der Waals surface area contributed by atoms with E-state index in [1.807, 2.05) is 0 Å². The Hall–Kier alpha value is -1.18. The Bertz CT molecular complexity index is 534. The zero-order valence-electron chi connectivity index (χ0n) is 11.0. The van der Waals surface area contributed by atoms with Gasteiger partial charge in [-0.2, -0.15) is 0 Å². The van der Waals surface area contributed by atoms with Gasteiger partial charge in [0, 0.05) is 19.0 Å². The average molecular weight is 325 g/mol. The molecule has 0 radical (unpaired) electrons. The molecule has 0 aromatic heterocycles. The number of hydrogen-bond acceptors (Lipinski definition) is 4. The first-order valence-corrected chi connectivity index (χ1v) is 7.48. The van der Waals surface area contributed by atoms with Crippen LogP contribution in [0.2, 0.25) is 0 Å². The van der Waals surface area contributed by atoms with Crippen molar-refractivity contribution in [1.29, 1.82) is 0 Å². The number of hydrogen-bond donors (Lipinski definition) is 2. The smallest absolute Gasteiger partial charge is 0.223 e. The van der Waals surface area contributed by atoms with Gasteiger partial charge in [-0.1, -0.05) is 6.92 Å². The topological polar surface area (TPSA) is 89.3 Å². The standard InChI is InChI=1S/C12H17FN2O3S.ClH/c1-9(12(16)15-7-6-14)8-19(17,18)11-4-2-10(13)3-5-11;/h2-5,9H,6-8,14H2,1H3,(H,15,16);1H. The predicted molar refractivity (Wildman–Crippen MR) is 76.9 cm³/mol. The third-order valence-electron chi connectivity index (χ3n) is 2.53. The minimum absolute atomic E-state index is 0. The van der Waals surface area contributed by atoms with Crippen molar-refractivity contribution in [2.75, 3.05) is 18.8 Å². The summed E-state index contributed by atoms with van der Waals surface area (Å²) in [5.74, 6) is -1.89. The number of sulfone groups is 1. The van der Waals surface area contributed by atoms with Crippen LogP contribution < -0.4 is 11.1 Å². The van der Waals surface area contributed by atoms with E-state index < -0.39 is 21.6 Å². The van der Waals surface area contributed by atoms with Crippen LogP contribution in [0, 0.1) is 11.7 Å². The normalized spacial score (nSPS) is 12.3. The summed E-state index contributed by atoms with van der Waals surface area (Å²) >= 11 is 0. The highest BCUT2D eigenvalue weighted by atomic mass is 35.5. The highest BCUT2D eigenvalue weighted by molar-refractivity contribution is 7.91. The lowest BCUT2D eigenvalue weighted by molar-refractivity contribution is -0.123. The Labute approximate surface area is 124 Å². The maximum absolute atomic E-state index is 12.7. The van der Waals surface area contributed by atoms with E-state index in [1.165, 1.54) is 19.1 Å². The molecule has 20 heavy (non-hydrogen) atoms. The first-order chi connectivity index (χ1) is 8.86. The number of carbonyl (C=O) groups excluding carboxylic acids is 1. The second kappa shape index (κ2) is 8.18. The number of nitrogens with two attached hydrogens (primary N) is 1. The zero-order chi connectivity index (χ0) is 14.5. The summed E-state index contributed by atoms with van der Waals surface area (Å²) in [4.78, 5) is 11.6. The molecule has 1 rings (SSSR count). The van der Waals surface area contributed by atoms with Gasteiger partial charge in [-0.05, 0) is 24.3 Å². The molecule has 8 heteroatoms. The summed E-state index contributed by atoms with van der Waals surface area (Å²) < 4.78 is 36.7. The summed E-state index contributed by atoms with van der Waals surface area (Å²) in [5.41, 5.74) is 5.24. The van der Waals surface area contributed by atoms with E-state index in [1.54, 1.807) is 0 Å². The third kappa shape index (κ3) is 5.44. The fourth-order valence-electron chi connectivity index (χ4n) is 1.51. The fraction of sp³-hybridized carbons (Fsp3) is 0.417. The quantitative estimate of drug-likeness (QED) is 0.755. The number of nitrogens with one attached hydrogen (secondary N) is 1. The highest BCUT2D eigenvalue weighted by Gasteiger charge is 2.22. The van der Waals surface area contributed by atoms with Crippen LogP contribution in [-0.4, -0.2) is 33.2 Å². The first-order valence-electron chi connectivity index (χ1n) is 5.83. The molecule has 0 saturated heterocycles. The van der Waals surface area contributed by atoms with Crippen LogP contribution in [-0.2, 0) is 14.6 Å². The lowest BCUT2D eigenvalue weighted by Gasteiger charge is -2.12. The molecule has 1 aromatic rings. The Morgan fingerprint density at radius 3 is 2.40 bits per heavy atom. The predicted octanol–water partition coefficient (Wildman–Crippen LogP) is 0.732. The molecule has 1 unspecified atom stereocenters. The molecule has 0 heterocycles.